The van der Waals surface area contributed by atoms with Crippen molar-refractivity contribution in [2.45, 2.75) is 33.1 Å². The molecule has 1 rings (SSSR count). The molecule has 0 saturated carbocycles. The Hall–Kier alpha value is -1.48. The molecule has 0 aliphatic carbocycles. The molecule has 0 amide bonds. The Balaban J connectivity index is 3.58. The largest absolute Gasteiger partial charge is 0.481 e. The van der Waals surface area contributed by atoms with E-state index in [9.17, 15) is 18.8 Å². The Morgan fingerprint density at radius 2 is 1.44 bits per heavy atom. The van der Waals surface area contributed by atoms with Crippen LogP contribution in [-0.2, 0) is 20.7 Å². The number of esters is 2. The van der Waals surface area contributed by atoms with Gasteiger partial charge in [-0.15, -0.1) is 0 Å². The second-order valence-corrected chi connectivity index (χ2v) is 6.44. The molecule has 0 fully saturated rings. The topological polar surface area (TPSA) is 89.9 Å². The van der Waals surface area contributed by atoms with Crippen LogP contribution in [0, 0.1) is 5.82 Å². The quantitative estimate of drug-likeness (QED) is 0.442. The van der Waals surface area contributed by atoms with Crippen LogP contribution in [0.4, 0.5) is 4.39 Å². The lowest BCUT2D eigenvalue weighted by molar-refractivity contribution is -0.137. The van der Waals surface area contributed by atoms with E-state index in [1.165, 1.54) is 0 Å². The minimum atomic E-state index is -1.02. The van der Waals surface area contributed by atoms with Crippen LogP contribution in [0.15, 0.2) is 8.95 Å². The Labute approximate surface area is 160 Å². The monoisotopic (exact) mass is 482 g/mol. The van der Waals surface area contributed by atoms with Crippen molar-refractivity contribution in [2.24, 2.45) is 0 Å². The van der Waals surface area contributed by atoms with E-state index in [0.29, 0.717) is 0 Å². The summed E-state index contributed by atoms with van der Waals surface area (Å²) in [5.41, 5.74) is -0.106. The summed E-state index contributed by atoms with van der Waals surface area (Å²) in [7, 11) is 0. The van der Waals surface area contributed by atoms with Crippen LogP contribution in [0.25, 0.3) is 0 Å². The van der Waals surface area contributed by atoms with Gasteiger partial charge in [0.15, 0.2) is 5.82 Å². The van der Waals surface area contributed by atoms with Crippen molar-refractivity contribution < 1.29 is 33.4 Å². The van der Waals surface area contributed by atoms with Crippen LogP contribution in [-0.4, -0.2) is 36.2 Å². The smallest absolute Gasteiger partial charge is 0.339 e. The molecule has 0 atom stereocenters. The maximum absolute atomic E-state index is 14.5. The van der Waals surface area contributed by atoms with Gasteiger partial charge in [-0.05, 0) is 64.1 Å². The molecule has 0 spiro atoms. The van der Waals surface area contributed by atoms with Gasteiger partial charge in [-0.3, -0.25) is 4.79 Å². The zero-order valence-electron chi connectivity index (χ0n) is 13.7. The lowest BCUT2D eigenvalue weighted by Gasteiger charge is -2.17. The summed E-state index contributed by atoms with van der Waals surface area (Å²) in [5.74, 6) is -3.47. The van der Waals surface area contributed by atoms with Crippen molar-refractivity contribution in [3.8, 4) is 0 Å². The normalized spacial score (nSPS) is 10.4. The number of carbonyl (C=O) groups is 3. The van der Waals surface area contributed by atoms with Crippen molar-refractivity contribution in [3.63, 3.8) is 0 Å². The molecule has 0 bridgehead atoms. The maximum atomic E-state index is 14.5. The number of hydrogen-bond acceptors (Lipinski definition) is 5. The Morgan fingerprint density at radius 1 is 1.00 bits per heavy atom. The summed E-state index contributed by atoms with van der Waals surface area (Å²) in [6.07, 6.45) is 0.0435. The summed E-state index contributed by atoms with van der Waals surface area (Å²) in [5, 5.41) is 8.81. The Kier molecular flexibility index (Phi) is 8.51. The molecule has 1 aromatic rings. The van der Waals surface area contributed by atoms with E-state index in [-0.39, 0.29) is 58.1 Å². The molecule has 138 valence electrons. The van der Waals surface area contributed by atoms with Gasteiger partial charge in [0.1, 0.15) is 0 Å². The molecule has 0 saturated heterocycles. The van der Waals surface area contributed by atoms with E-state index >= 15 is 0 Å². The molecule has 0 aromatic heterocycles. The molecule has 0 aliphatic rings. The molecule has 25 heavy (non-hydrogen) atoms. The molecule has 1 N–H and O–H groups in total. The summed E-state index contributed by atoms with van der Waals surface area (Å²) < 4.78 is 24.1. The average Bonchev–Trinajstić information content (AvgIpc) is 2.53. The second kappa shape index (κ2) is 9.86. The first-order chi connectivity index (χ1) is 11.8. The lowest BCUT2D eigenvalue weighted by atomic mass is 9.95. The molecular weight excluding hydrogens is 467 g/mol. The minimum Gasteiger partial charge on any atom is -0.481 e. The first-order valence-electron chi connectivity index (χ1n) is 7.51. The van der Waals surface area contributed by atoms with Crippen molar-refractivity contribution in [3.05, 3.63) is 31.5 Å². The van der Waals surface area contributed by atoms with Gasteiger partial charge in [-0.25, -0.2) is 14.0 Å². The van der Waals surface area contributed by atoms with Crippen molar-refractivity contribution >= 4 is 49.8 Å². The van der Waals surface area contributed by atoms with Gasteiger partial charge in [0.25, 0.3) is 0 Å². The molecule has 0 heterocycles. The molecule has 6 nitrogen and oxygen atoms in total. The zero-order valence-corrected chi connectivity index (χ0v) is 16.8. The van der Waals surface area contributed by atoms with E-state index in [4.69, 9.17) is 14.6 Å². The predicted octanol–water partition coefficient (Wildman–Crippen LogP) is 4.11. The Morgan fingerprint density at radius 3 is 1.80 bits per heavy atom. The summed E-state index contributed by atoms with van der Waals surface area (Å²) >= 11 is 6.04. The zero-order chi connectivity index (χ0) is 19.1. The number of carboxylic acid groups (broad SMARTS) is 1. The second-order valence-electron chi connectivity index (χ2n) is 4.86. The number of carboxylic acids is 1. The average molecular weight is 484 g/mol. The van der Waals surface area contributed by atoms with E-state index < -0.39 is 23.7 Å². The highest BCUT2D eigenvalue weighted by Crippen LogP contribution is 2.36. The van der Waals surface area contributed by atoms with Gasteiger partial charge in [-0.2, -0.15) is 0 Å². The SMILES string of the molecule is CCOC(=O)c1c(Br)c(F)c(Br)c(C(=O)OCC)c1CCCC(=O)O. The summed E-state index contributed by atoms with van der Waals surface area (Å²) in [6, 6.07) is 0. The number of carbonyl (C=O) groups excluding carboxylic acids is 2. The fourth-order valence-electron chi connectivity index (χ4n) is 2.20. The Bertz CT molecular complexity index is 645. The molecule has 0 aliphatic heterocycles. The van der Waals surface area contributed by atoms with Crippen LogP contribution in [0.1, 0.15) is 53.0 Å². The van der Waals surface area contributed by atoms with Crippen molar-refractivity contribution in [1.82, 2.24) is 0 Å². The number of benzene rings is 1. The summed E-state index contributed by atoms with van der Waals surface area (Å²) in [6.45, 7) is 3.31. The van der Waals surface area contributed by atoms with Crippen molar-refractivity contribution in [1.29, 1.82) is 0 Å². The predicted molar refractivity (Wildman–Crippen MR) is 94.3 cm³/mol. The van der Waals surface area contributed by atoms with Gasteiger partial charge in [0, 0.05) is 6.42 Å². The van der Waals surface area contributed by atoms with Gasteiger partial charge in [-0.1, -0.05) is 0 Å². The fraction of sp³-hybridized carbons (Fsp3) is 0.438. The first-order valence-corrected chi connectivity index (χ1v) is 9.10. The van der Waals surface area contributed by atoms with Gasteiger partial charge >= 0.3 is 17.9 Å². The van der Waals surface area contributed by atoms with E-state index in [1.54, 1.807) is 13.8 Å². The molecule has 1 aromatic carbocycles. The third kappa shape index (κ3) is 5.24. The number of halogens is 3. The highest BCUT2D eigenvalue weighted by molar-refractivity contribution is 9.11. The lowest BCUT2D eigenvalue weighted by Crippen LogP contribution is -2.18. The van der Waals surface area contributed by atoms with Crippen molar-refractivity contribution in [2.75, 3.05) is 13.2 Å². The van der Waals surface area contributed by atoms with Crippen LogP contribution in [0.5, 0.6) is 0 Å². The first kappa shape index (κ1) is 21.6. The minimum absolute atomic E-state index is 0.0616. The molecule has 0 unspecified atom stereocenters. The molecule has 0 radical (unpaired) electrons. The molecular formula is C16H17Br2FO6. The number of rotatable bonds is 8. The third-order valence-electron chi connectivity index (χ3n) is 3.20. The summed E-state index contributed by atoms with van der Waals surface area (Å²) in [4.78, 5) is 35.3. The third-order valence-corrected chi connectivity index (χ3v) is 4.69. The van der Waals surface area contributed by atoms with Gasteiger partial charge in [0.2, 0.25) is 0 Å². The van der Waals surface area contributed by atoms with Crippen LogP contribution in [0.2, 0.25) is 0 Å². The highest BCUT2D eigenvalue weighted by Gasteiger charge is 2.30. The maximum Gasteiger partial charge on any atom is 0.339 e. The van der Waals surface area contributed by atoms with E-state index in [1.807, 2.05) is 0 Å². The highest BCUT2D eigenvalue weighted by atomic mass is 79.9. The number of aliphatic carboxylic acids is 1. The standard InChI is InChI=1S/C16H17Br2FO6/c1-3-24-15(22)10-8(6-5-7-9(20)21)11(16(23)25-4-2)13(18)14(19)12(10)17/h3-7H2,1-2H3,(H,20,21). The van der Waals surface area contributed by atoms with Crippen LogP contribution >= 0.6 is 31.9 Å². The van der Waals surface area contributed by atoms with E-state index in [2.05, 4.69) is 31.9 Å². The number of ether oxygens (including phenoxy) is 2. The van der Waals surface area contributed by atoms with Gasteiger partial charge in [0.05, 0.1) is 33.3 Å². The van der Waals surface area contributed by atoms with Crippen LogP contribution < -0.4 is 0 Å². The number of hydrogen-bond donors (Lipinski definition) is 1. The fourth-order valence-corrected chi connectivity index (χ4v) is 3.67. The van der Waals surface area contributed by atoms with E-state index in [0.717, 1.165) is 0 Å². The van der Waals surface area contributed by atoms with Gasteiger partial charge < -0.3 is 14.6 Å². The van der Waals surface area contributed by atoms with Crippen LogP contribution in [0.3, 0.4) is 0 Å². The molecule has 9 heteroatoms.